The van der Waals surface area contributed by atoms with E-state index in [1.165, 1.54) is 6.92 Å². The van der Waals surface area contributed by atoms with Crippen LogP contribution in [0.5, 0.6) is 5.75 Å². The van der Waals surface area contributed by atoms with Crippen molar-refractivity contribution in [3.8, 4) is 5.75 Å². The van der Waals surface area contributed by atoms with Gasteiger partial charge < -0.3 is 15.0 Å². The Hall–Kier alpha value is -2.05. The number of amides is 1. The van der Waals surface area contributed by atoms with Crippen LogP contribution in [0.1, 0.15) is 18.9 Å². The number of carbonyl (C=O) groups is 1. The summed E-state index contributed by atoms with van der Waals surface area (Å²) in [6, 6.07) is 5.46. The Bertz CT molecular complexity index is 735. The van der Waals surface area contributed by atoms with Gasteiger partial charge in [-0.1, -0.05) is 29.3 Å². The van der Waals surface area contributed by atoms with Crippen molar-refractivity contribution in [2.24, 2.45) is 0 Å². The van der Waals surface area contributed by atoms with Crippen LogP contribution in [0.3, 0.4) is 0 Å². The van der Waals surface area contributed by atoms with E-state index in [9.17, 15) is 4.79 Å². The zero-order chi connectivity index (χ0) is 17.8. The fourth-order valence-electron chi connectivity index (χ4n) is 2.72. The van der Waals surface area contributed by atoms with Gasteiger partial charge in [0.05, 0.1) is 12.4 Å². The minimum atomic E-state index is -0.0188. The number of hydrogen-bond donors (Lipinski definition) is 1. The maximum absolute atomic E-state index is 11.1. The number of carbonyl (C=O) groups excluding carboxylic acids is 1. The molecule has 8 heteroatoms. The molecule has 1 aromatic carbocycles. The molecule has 0 saturated carbocycles. The zero-order valence-corrected chi connectivity index (χ0v) is 15.2. The summed E-state index contributed by atoms with van der Waals surface area (Å²) >= 11 is 12.2. The third-order valence-corrected chi connectivity index (χ3v) is 4.65. The maximum atomic E-state index is 11.1. The predicted molar refractivity (Wildman–Crippen MR) is 97.3 cm³/mol. The summed E-state index contributed by atoms with van der Waals surface area (Å²) in [5.41, 5.74) is 0.729. The monoisotopic (exact) mass is 380 g/mol. The Morgan fingerprint density at radius 2 is 2.00 bits per heavy atom. The van der Waals surface area contributed by atoms with Gasteiger partial charge in [0, 0.05) is 41.7 Å². The molecule has 1 saturated heterocycles. The van der Waals surface area contributed by atoms with Crippen molar-refractivity contribution in [2.45, 2.75) is 26.0 Å². The predicted octanol–water partition coefficient (Wildman–Crippen LogP) is 3.08. The first-order chi connectivity index (χ1) is 12.0. The molecule has 1 atom stereocenters. The number of anilines is 1. The number of halogens is 2. The number of hydrogen-bond acceptors (Lipinski definition) is 5. The molecule has 6 nitrogen and oxygen atoms in total. The second-order valence-electron chi connectivity index (χ2n) is 5.84. The molecule has 132 valence electrons. The number of rotatable bonds is 5. The fraction of sp³-hybridized carbons (Fsp3) is 0.353. The van der Waals surface area contributed by atoms with Gasteiger partial charge in [-0.3, -0.25) is 4.79 Å². The average Bonchev–Trinajstić information content (AvgIpc) is 3.02. The molecule has 0 spiro atoms. The molecule has 1 amide bonds. The van der Waals surface area contributed by atoms with Crippen molar-refractivity contribution >= 4 is 35.1 Å². The van der Waals surface area contributed by atoms with E-state index in [1.807, 2.05) is 4.90 Å². The highest BCUT2D eigenvalue weighted by Crippen LogP contribution is 2.26. The standard InChI is InChI=1S/C17H18Cl2N4O2/c1-11(24)22-12-5-6-23(9-12)17-20-7-13(8-21-17)25-10-14-15(18)3-2-4-16(14)19/h2-4,7-8,12H,5-6,9-10H2,1H3,(H,22,24)/t12-/m1/s1. The lowest BCUT2D eigenvalue weighted by atomic mass is 10.2. The van der Waals surface area contributed by atoms with Crippen molar-refractivity contribution in [3.05, 3.63) is 46.2 Å². The lowest BCUT2D eigenvalue weighted by molar-refractivity contribution is -0.119. The second-order valence-corrected chi connectivity index (χ2v) is 6.65. The third-order valence-electron chi connectivity index (χ3n) is 3.94. The van der Waals surface area contributed by atoms with Gasteiger partial charge in [-0.05, 0) is 18.6 Å². The van der Waals surface area contributed by atoms with Crippen molar-refractivity contribution in [1.29, 1.82) is 0 Å². The van der Waals surface area contributed by atoms with Crippen LogP contribution in [-0.2, 0) is 11.4 Å². The highest BCUT2D eigenvalue weighted by Gasteiger charge is 2.24. The molecule has 1 fully saturated rings. The minimum Gasteiger partial charge on any atom is -0.486 e. The van der Waals surface area contributed by atoms with Gasteiger partial charge in [-0.15, -0.1) is 0 Å². The van der Waals surface area contributed by atoms with Gasteiger partial charge in [-0.2, -0.15) is 0 Å². The first kappa shape index (κ1) is 17.8. The van der Waals surface area contributed by atoms with Crippen LogP contribution in [0.25, 0.3) is 0 Å². The van der Waals surface area contributed by atoms with Crippen LogP contribution in [0.15, 0.2) is 30.6 Å². The van der Waals surface area contributed by atoms with E-state index in [2.05, 4.69) is 15.3 Å². The number of ether oxygens (including phenoxy) is 1. The van der Waals surface area contributed by atoms with E-state index in [0.29, 0.717) is 28.3 Å². The van der Waals surface area contributed by atoms with Gasteiger partial charge in [0.25, 0.3) is 0 Å². The summed E-state index contributed by atoms with van der Waals surface area (Å²) in [4.78, 5) is 21.9. The number of nitrogens with zero attached hydrogens (tertiary/aromatic N) is 3. The zero-order valence-electron chi connectivity index (χ0n) is 13.7. The smallest absolute Gasteiger partial charge is 0.225 e. The molecule has 0 bridgehead atoms. The van der Waals surface area contributed by atoms with Gasteiger partial charge in [-0.25, -0.2) is 9.97 Å². The Morgan fingerprint density at radius 1 is 1.32 bits per heavy atom. The van der Waals surface area contributed by atoms with Crippen molar-refractivity contribution < 1.29 is 9.53 Å². The van der Waals surface area contributed by atoms with E-state index in [4.69, 9.17) is 27.9 Å². The molecular weight excluding hydrogens is 363 g/mol. The summed E-state index contributed by atoms with van der Waals surface area (Å²) in [6.07, 6.45) is 4.13. The van der Waals surface area contributed by atoms with Gasteiger partial charge in [0.2, 0.25) is 11.9 Å². The van der Waals surface area contributed by atoms with Crippen LogP contribution in [0, 0.1) is 0 Å². The third kappa shape index (κ3) is 4.52. The van der Waals surface area contributed by atoms with E-state index in [1.54, 1.807) is 30.6 Å². The van der Waals surface area contributed by atoms with Crippen LogP contribution >= 0.6 is 23.2 Å². The van der Waals surface area contributed by atoms with Crippen LogP contribution < -0.4 is 15.0 Å². The van der Waals surface area contributed by atoms with E-state index >= 15 is 0 Å². The summed E-state index contributed by atoms with van der Waals surface area (Å²) < 4.78 is 5.68. The quantitative estimate of drug-likeness (QED) is 0.862. The molecular formula is C17H18Cl2N4O2. The van der Waals surface area contributed by atoms with Crippen molar-refractivity contribution in [3.63, 3.8) is 0 Å². The van der Waals surface area contributed by atoms with Crippen LogP contribution in [0.4, 0.5) is 5.95 Å². The van der Waals surface area contributed by atoms with E-state index in [0.717, 1.165) is 18.5 Å². The average molecular weight is 381 g/mol. The first-order valence-corrected chi connectivity index (χ1v) is 8.68. The van der Waals surface area contributed by atoms with Gasteiger partial charge >= 0.3 is 0 Å². The molecule has 1 N–H and O–H groups in total. The number of benzene rings is 1. The summed E-state index contributed by atoms with van der Waals surface area (Å²) in [5.74, 6) is 1.14. The molecule has 0 unspecified atom stereocenters. The SMILES string of the molecule is CC(=O)N[C@@H]1CCN(c2ncc(OCc3c(Cl)cccc3Cl)cn2)C1. The molecule has 25 heavy (non-hydrogen) atoms. The second kappa shape index (κ2) is 7.89. The summed E-state index contributed by atoms with van der Waals surface area (Å²) in [7, 11) is 0. The Labute approximate surface area is 156 Å². The van der Waals surface area contributed by atoms with E-state index < -0.39 is 0 Å². The normalized spacial score (nSPS) is 16.8. The molecule has 2 aromatic rings. The molecule has 2 heterocycles. The molecule has 1 aliphatic rings. The molecule has 0 radical (unpaired) electrons. The van der Waals surface area contributed by atoms with Crippen LogP contribution in [-0.4, -0.2) is 35.0 Å². The molecule has 0 aliphatic carbocycles. The highest BCUT2D eigenvalue weighted by atomic mass is 35.5. The molecule has 1 aromatic heterocycles. The lowest BCUT2D eigenvalue weighted by Crippen LogP contribution is -2.35. The molecule has 3 rings (SSSR count). The van der Waals surface area contributed by atoms with Crippen LogP contribution in [0.2, 0.25) is 10.0 Å². The Kier molecular flexibility index (Phi) is 5.60. The first-order valence-electron chi connectivity index (χ1n) is 7.92. The topological polar surface area (TPSA) is 67.4 Å². The number of aromatic nitrogens is 2. The molecule has 1 aliphatic heterocycles. The highest BCUT2D eigenvalue weighted by molar-refractivity contribution is 6.35. The minimum absolute atomic E-state index is 0.0188. The van der Waals surface area contributed by atoms with E-state index in [-0.39, 0.29) is 18.6 Å². The fourth-order valence-corrected chi connectivity index (χ4v) is 3.23. The summed E-state index contributed by atoms with van der Waals surface area (Å²) in [5, 5.41) is 4.04. The number of nitrogens with one attached hydrogen (secondary N) is 1. The van der Waals surface area contributed by atoms with Crippen molar-refractivity contribution in [2.75, 3.05) is 18.0 Å². The van der Waals surface area contributed by atoms with Crippen molar-refractivity contribution in [1.82, 2.24) is 15.3 Å². The Morgan fingerprint density at radius 3 is 2.64 bits per heavy atom. The largest absolute Gasteiger partial charge is 0.486 e. The summed E-state index contributed by atoms with van der Waals surface area (Å²) in [6.45, 7) is 3.28. The maximum Gasteiger partial charge on any atom is 0.225 e. The lowest BCUT2D eigenvalue weighted by Gasteiger charge is -2.16. The van der Waals surface area contributed by atoms with Gasteiger partial charge in [0.1, 0.15) is 6.61 Å². The van der Waals surface area contributed by atoms with Gasteiger partial charge in [0.15, 0.2) is 5.75 Å². The Balaban J connectivity index is 1.59.